The predicted octanol–water partition coefficient (Wildman–Crippen LogP) is 7.69. The second-order valence-electron chi connectivity index (χ2n) is 8.24. The van der Waals surface area contributed by atoms with Crippen molar-refractivity contribution in [3.05, 3.63) is 54.3 Å². The zero-order valence-electron chi connectivity index (χ0n) is 17.3. The van der Waals surface area contributed by atoms with Gasteiger partial charge in [-0.15, -0.1) is 18.3 Å². The number of alkyl halides is 1. The van der Waals surface area contributed by atoms with Crippen molar-refractivity contribution in [2.24, 2.45) is 0 Å². The lowest BCUT2D eigenvalue weighted by molar-refractivity contribution is 0.375. The number of allylic oxidation sites excluding steroid dienone is 1. The molecule has 0 aliphatic carbocycles. The smallest absolute Gasteiger partial charge is 0.250 e. The van der Waals surface area contributed by atoms with Gasteiger partial charge in [0.2, 0.25) is 8.32 Å². The van der Waals surface area contributed by atoms with Crippen LogP contribution in [-0.4, -0.2) is 20.2 Å². The number of hydrogen-bond acceptors (Lipinski definition) is 2. The minimum absolute atomic E-state index is 0.0669. The van der Waals surface area contributed by atoms with Crippen LogP contribution in [0.5, 0.6) is 0 Å². The molecule has 1 atom stereocenters. The van der Waals surface area contributed by atoms with Crippen molar-refractivity contribution in [3.63, 3.8) is 0 Å². The lowest BCUT2D eigenvalue weighted by Crippen LogP contribution is -2.41. The molecule has 4 heteroatoms. The molecule has 0 amide bonds. The van der Waals surface area contributed by atoms with E-state index in [-0.39, 0.29) is 17.0 Å². The van der Waals surface area contributed by atoms with Crippen molar-refractivity contribution in [2.45, 2.75) is 75.2 Å². The first-order chi connectivity index (χ1) is 12.1. The fourth-order valence-corrected chi connectivity index (χ4v) is 4.27. The van der Waals surface area contributed by atoms with Crippen LogP contribution in [0.3, 0.4) is 0 Å². The quantitative estimate of drug-likeness (QED) is 0.132. The van der Waals surface area contributed by atoms with Crippen LogP contribution in [0, 0.1) is 6.92 Å². The number of benzene rings is 1. The Morgan fingerprint density at radius 2 is 1.85 bits per heavy atom. The molecule has 1 aromatic carbocycles. The standard InChI is InChI=1S/C22H35FOSSi/c1-8-21(25-19-15-13-18(2)14-16-19)20(12-10-9-11-17-23)24-26(6,7)22(3,4)5/h8,12-16,21H,1,9-11,17H2,2-7H3/b20-12-/t21-/m1/s1. The highest BCUT2D eigenvalue weighted by Gasteiger charge is 2.40. The lowest BCUT2D eigenvalue weighted by atomic mass is 10.2. The van der Waals surface area contributed by atoms with Crippen LogP contribution in [0.1, 0.15) is 45.6 Å². The normalized spacial score (nSPS) is 14.2. The maximum Gasteiger partial charge on any atom is 0.250 e. The number of thioether (sulfide) groups is 1. The summed E-state index contributed by atoms with van der Waals surface area (Å²) >= 11 is 1.76. The molecule has 1 nitrogen and oxygen atoms in total. The monoisotopic (exact) mass is 394 g/mol. The third-order valence-electron chi connectivity index (χ3n) is 4.89. The number of rotatable bonds is 10. The maximum atomic E-state index is 12.4. The molecule has 0 saturated carbocycles. The van der Waals surface area contributed by atoms with Crippen molar-refractivity contribution in [1.82, 2.24) is 0 Å². The van der Waals surface area contributed by atoms with E-state index in [2.05, 4.69) is 77.7 Å². The topological polar surface area (TPSA) is 9.23 Å². The van der Waals surface area contributed by atoms with E-state index < -0.39 is 8.32 Å². The Kier molecular flexibility index (Phi) is 9.18. The van der Waals surface area contributed by atoms with Crippen LogP contribution < -0.4 is 0 Å². The average Bonchev–Trinajstić information content (AvgIpc) is 2.56. The van der Waals surface area contributed by atoms with Crippen molar-refractivity contribution in [3.8, 4) is 0 Å². The first kappa shape index (κ1) is 23.0. The SMILES string of the molecule is C=C[C@@H](Sc1ccc(C)cc1)/C(=C/CCCCF)O[Si](C)(C)C(C)(C)C. The Hall–Kier alpha value is -1.00. The predicted molar refractivity (Wildman–Crippen MR) is 117 cm³/mol. The molecular formula is C22H35FOSSi. The molecule has 1 rings (SSSR count). The van der Waals surface area contributed by atoms with Crippen LogP contribution >= 0.6 is 11.8 Å². The highest BCUT2D eigenvalue weighted by atomic mass is 32.2. The van der Waals surface area contributed by atoms with E-state index in [4.69, 9.17) is 4.43 Å². The molecule has 0 N–H and O–H groups in total. The third kappa shape index (κ3) is 7.32. The highest BCUT2D eigenvalue weighted by molar-refractivity contribution is 8.00. The fourth-order valence-electron chi connectivity index (χ4n) is 2.13. The van der Waals surface area contributed by atoms with Crippen molar-refractivity contribution in [2.75, 3.05) is 6.67 Å². The van der Waals surface area contributed by atoms with Gasteiger partial charge in [-0.2, -0.15) is 0 Å². The summed E-state index contributed by atoms with van der Waals surface area (Å²) in [6.45, 7) is 17.1. The molecule has 0 bridgehead atoms. The molecule has 1 aromatic rings. The number of halogens is 1. The Morgan fingerprint density at radius 1 is 1.23 bits per heavy atom. The minimum Gasteiger partial charge on any atom is -0.546 e. The molecule has 0 spiro atoms. The average molecular weight is 395 g/mol. The molecular weight excluding hydrogens is 359 g/mol. The van der Waals surface area contributed by atoms with E-state index in [0.29, 0.717) is 6.42 Å². The maximum absolute atomic E-state index is 12.4. The molecule has 0 aliphatic rings. The summed E-state index contributed by atoms with van der Waals surface area (Å²) in [5, 5.41) is 0.197. The molecule has 146 valence electrons. The van der Waals surface area contributed by atoms with Crippen LogP contribution in [0.25, 0.3) is 0 Å². The molecule has 0 heterocycles. The summed E-state index contributed by atoms with van der Waals surface area (Å²) in [5.41, 5.74) is 1.25. The van der Waals surface area contributed by atoms with Crippen LogP contribution in [-0.2, 0) is 4.43 Å². The molecule has 0 aliphatic heterocycles. The Morgan fingerprint density at radius 3 is 2.35 bits per heavy atom. The van der Waals surface area contributed by atoms with Gasteiger partial charge in [0.25, 0.3) is 0 Å². The minimum atomic E-state index is -1.95. The summed E-state index contributed by atoms with van der Waals surface area (Å²) in [4.78, 5) is 1.20. The summed E-state index contributed by atoms with van der Waals surface area (Å²) in [7, 11) is -1.95. The Labute approximate surface area is 165 Å². The van der Waals surface area contributed by atoms with Gasteiger partial charge in [-0.1, -0.05) is 44.5 Å². The summed E-state index contributed by atoms with van der Waals surface area (Å²) < 4.78 is 19.1. The van der Waals surface area contributed by atoms with Gasteiger partial charge in [-0.25, -0.2) is 0 Å². The summed E-state index contributed by atoms with van der Waals surface area (Å²) in [6, 6.07) is 8.54. The van der Waals surface area contributed by atoms with E-state index in [1.54, 1.807) is 11.8 Å². The highest BCUT2D eigenvalue weighted by Crippen LogP contribution is 2.40. The van der Waals surface area contributed by atoms with Gasteiger partial charge in [0.1, 0.15) is 0 Å². The zero-order chi connectivity index (χ0) is 19.8. The van der Waals surface area contributed by atoms with Crippen molar-refractivity contribution < 1.29 is 8.82 Å². The summed E-state index contributed by atoms with van der Waals surface area (Å²) in [6.07, 6.45) is 6.41. The van der Waals surface area contributed by atoms with E-state index in [9.17, 15) is 4.39 Å². The van der Waals surface area contributed by atoms with Gasteiger partial charge in [0.05, 0.1) is 17.7 Å². The van der Waals surface area contributed by atoms with E-state index >= 15 is 0 Å². The molecule has 0 unspecified atom stereocenters. The molecule has 0 aromatic heterocycles. The van der Waals surface area contributed by atoms with Crippen LogP contribution in [0.2, 0.25) is 18.1 Å². The third-order valence-corrected chi connectivity index (χ3v) is 10.5. The number of aryl methyl sites for hydroxylation is 1. The van der Waals surface area contributed by atoms with E-state index in [1.807, 2.05) is 6.08 Å². The van der Waals surface area contributed by atoms with E-state index in [1.165, 1.54) is 10.5 Å². The van der Waals surface area contributed by atoms with Crippen LogP contribution in [0.4, 0.5) is 4.39 Å². The first-order valence-corrected chi connectivity index (χ1v) is 13.2. The van der Waals surface area contributed by atoms with Gasteiger partial charge in [-0.05, 0) is 62.5 Å². The lowest BCUT2D eigenvalue weighted by Gasteiger charge is -2.38. The number of hydrogen-bond donors (Lipinski definition) is 0. The van der Waals surface area contributed by atoms with Gasteiger partial charge >= 0.3 is 0 Å². The molecule has 0 fully saturated rings. The van der Waals surface area contributed by atoms with Crippen LogP contribution in [0.15, 0.2) is 53.7 Å². The summed E-state index contributed by atoms with van der Waals surface area (Å²) in [5.74, 6) is 0.982. The molecule has 26 heavy (non-hydrogen) atoms. The Balaban J connectivity index is 3.02. The van der Waals surface area contributed by atoms with Gasteiger partial charge in [-0.3, -0.25) is 4.39 Å². The number of unbranched alkanes of at least 4 members (excludes halogenated alkanes) is 2. The second-order valence-corrected chi connectivity index (χ2v) is 14.2. The van der Waals surface area contributed by atoms with Crippen molar-refractivity contribution >= 4 is 20.1 Å². The second kappa shape index (κ2) is 10.4. The Bertz CT molecular complexity index is 587. The first-order valence-electron chi connectivity index (χ1n) is 9.41. The van der Waals surface area contributed by atoms with Gasteiger partial charge in [0, 0.05) is 4.90 Å². The zero-order valence-corrected chi connectivity index (χ0v) is 19.1. The van der Waals surface area contributed by atoms with E-state index in [0.717, 1.165) is 18.6 Å². The van der Waals surface area contributed by atoms with Crippen molar-refractivity contribution in [1.29, 1.82) is 0 Å². The van der Waals surface area contributed by atoms with Gasteiger partial charge in [0.15, 0.2) is 0 Å². The fraction of sp³-hybridized carbons (Fsp3) is 0.545. The molecule has 0 saturated heterocycles. The largest absolute Gasteiger partial charge is 0.546 e. The molecule has 0 radical (unpaired) electrons. The van der Waals surface area contributed by atoms with Gasteiger partial charge < -0.3 is 4.43 Å².